The Morgan fingerprint density at radius 1 is 0.534 bits per heavy atom. The highest BCUT2D eigenvalue weighted by molar-refractivity contribution is 7.47. The molecule has 0 aliphatic heterocycles. The van der Waals surface area contributed by atoms with Gasteiger partial charge in [-0.1, -0.05) is 174 Å². The maximum absolute atomic E-state index is 12.8. The normalized spacial score (nSPS) is 22.7. The van der Waals surface area contributed by atoms with Crippen molar-refractivity contribution in [1.82, 2.24) is 0 Å². The van der Waals surface area contributed by atoms with Crippen LogP contribution in [0.3, 0.4) is 0 Å². The number of hydrogen-bond donors (Lipinski definition) is 6. The summed E-state index contributed by atoms with van der Waals surface area (Å²) in [5, 5.41) is 50.2. The summed E-state index contributed by atoms with van der Waals surface area (Å²) in [5.41, 5.74) is 0. The van der Waals surface area contributed by atoms with Gasteiger partial charge in [0.05, 0.1) is 13.2 Å². The molecule has 58 heavy (non-hydrogen) atoms. The Morgan fingerprint density at radius 3 is 1.40 bits per heavy atom. The summed E-state index contributed by atoms with van der Waals surface area (Å²) in [6.45, 7) is 4.25. The van der Waals surface area contributed by atoms with Gasteiger partial charge >= 0.3 is 13.8 Å². The molecule has 0 saturated heterocycles. The molecular weight excluding hydrogens is 763 g/mol. The van der Waals surface area contributed by atoms with E-state index >= 15 is 0 Å². The summed E-state index contributed by atoms with van der Waals surface area (Å²) in [7, 11) is -5.01. The highest BCUT2D eigenvalue weighted by Crippen LogP contribution is 2.47. The zero-order valence-corrected chi connectivity index (χ0v) is 37.5. The quantitative estimate of drug-likeness (QED) is 0.0148. The first-order valence-electron chi connectivity index (χ1n) is 23.5. The lowest BCUT2D eigenvalue weighted by atomic mass is 9.85. The van der Waals surface area contributed by atoms with Crippen LogP contribution in [-0.4, -0.2) is 98.9 Å². The van der Waals surface area contributed by atoms with Gasteiger partial charge in [0.2, 0.25) is 0 Å². The van der Waals surface area contributed by atoms with Crippen molar-refractivity contribution in [2.75, 3.05) is 19.8 Å². The number of ether oxygens (including phenoxy) is 2. The minimum atomic E-state index is -5.01. The van der Waals surface area contributed by atoms with Crippen molar-refractivity contribution in [2.24, 2.45) is 0 Å². The van der Waals surface area contributed by atoms with Crippen molar-refractivity contribution in [1.29, 1.82) is 0 Å². The van der Waals surface area contributed by atoms with Crippen molar-refractivity contribution in [3.05, 3.63) is 12.2 Å². The highest BCUT2D eigenvalue weighted by atomic mass is 31.2. The molecule has 1 fully saturated rings. The number of unbranched alkanes of at least 4 members (excludes halogenated alkanes) is 26. The van der Waals surface area contributed by atoms with Crippen molar-refractivity contribution >= 4 is 13.8 Å². The smallest absolute Gasteiger partial charge is 0.457 e. The molecule has 12 nitrogen and oxygen atoms in total. The van der Waals surface area contributed by atoms with Gasteiger partial charge in [-0.3, -0.25) is 13.8 Å². The van der Waals surface area contributed by atoms with Gasteiger partial charge in [0.25, 0.3) is 0 Å². The van der Waals surface area contributed by atoms with Gasteiger partial charge in [-0.15, -0.1) is 0 Å². The van der Waals surface area contributed by atoms with E-state index in [1.807, 2.05) is 0 Å². The van der Waals surface area contributed by atoms with Crippen LogP contribution in [0.15, 0.2) is 12.2 Å². The monoisotopic (exact) mass is 851 g/mol. The lowest BCUT2D eigenvalue weighted by Crippen LogP contribution is -2.64. The highest BCUT2D eigenvalue weighted by Gasteiger charge is 2.51. The lowest BCUT2D eigenvalue weighted by Gasteiger charge is -2.41. The Balaban J connectivity index is 2.37. The van der Waals surface area contributed by atoms with E-state index in [9.17, 15) is 39.8 Å². The number of rotatable bonds is 40. The van der Waals surface area contributed by atoms with Gasteiger partial charge in [-0.25, -0.2) is 4.57 Å². The van der Waals surface area contributed by atoms with E-state index in [-0.39, 0.29) is 13.0 Å². The van der Waals surface area contributed by atoms with E-state index in [1.165, 1.54) is 128 Å². The first-order chi connectivity index (χ1) is 28.0. The molecule has 13 heteroatoms. The fraction of sp³-hybridized carbons (Fsp3) is 0.933. The summed E-state index contributed by atoms with van der Waals surface area (Å²) >= 11 is 0. The van der Waals surface area contributed by atoms with Crippen LogP contribution in [0.2, 0.25) is 0 Å². The molecule has 1 rings (SSSR count). The van der Waals surface area contributed by atoms with Crippen LogP contribution >= 0.6 is 7.82 Å². The zero-order chi connectivity index (χ0) is 42.7. The Hall–Kier alpha value is -0.920. The Morgan fingerprint density at radius 2 is 0.914 bits per heavy atom. The summed E-state index contributed by atoms with van der Waals surface area (Å²) in [5.74, 6) is -0.475. The van der Waals surface area contributed by atoms with Gasteiger partial charge in [-0.2, -0.15) is 0 Å². The number of aliphatic hydroxyl groups is 5. The van der Waals surface area contributed by atoms with Crippen LogP contribution in [-0.2, 0) is 27.9 Å². The van der Waals surface area contributed by atoms with E-state index in [4.69, 9.17) is 18.5 Å². The molecule has 0 aromatic rings. The van der Waals surface area contributed by atoms with E-state index in [1.54, 1.807) is 0 Å². The number of hydrogen-bond acceptors (Lipinski definition) is 11. The first kappa shape index (κ1) is 55.1. The molecule has 6 atom stereocenters. The largest absolute Gasteiger partial charge is 0.472 e. The van der Waals surface area contributed by atoms with E-state index in [0.29, 0.717) is 13.0 Å². The summed E-state index contributed by atoms with van der Waals surface area (Å²) in [6, 6.07) is 0. The van der Waals surface area contributed by atoms with Gasteiger partial charge in [0.1, 0.15) is 42.7 Å². The summed E-state index contributed by atoms with van der Waals surface area (Å²) < 4.78 is 34.2. The fourth-order valence-electron chi connectivity index (χ4n) is 7.35. The molecule has 0 aromatic heterocycles. The maximum atomic E-state index is 12.8. The lowest BCUT2D eigenvalue weighted by molar-refractivity contribution is -0.220. The predicted molar refractivity (Wildman–Crippen MR) is 230 cm³/mol. The van der Waals surface area contributed by atoms with Crippen molar-refractivity contribution in [2.45, 2.75) is 249 Å². The number of esters is 1. The van der Waals surface area contributed by atoms with Crippen LogP contribution in [0.5, 0.6) is 0 Å². The molecule has 344 valence electrons. The fourth-order valence-corrected chi connectivity index (χ4v) is 8.32. The van der Waals surface area contributed by atoms with Crippen molar-refractivity contribution < 1.29 is 58.3 Å². The molecular formula is C45H87O12P. The van der Waals surface area contributed by atoms with Gasteiger partial charge in [0, 0.05) is 13.0 Å². The minimum Gasteiger partial charge on any atom is -0.457 e. The molecule has 0 heterocycles. The van der Waals surface area contributed by atoms with Crippen LogP contribution in [0, 0.1) is 0 Å². The summed E-state index contributed by atoms with van der Waals surface area (Å²) in [4.78, 5) is 23.1. The average molecular weight is 851 g/mol. The number of allylic oxidation sites excluding steroid dienone is 2. The maximum Gasteiger partial charge on any atom is 0.472 e. The van der Waals surface area contributed by atoms with E-state index in [0.717, 1.165) is 51.4 Å². The van der Waals surface area contributed by atoms with Gasteiger partial charge in [-0.05, 0) is 38.5 Å². The molecule has 1 saturated carbocycles. The molecule has 1 aliphatic rings. The second-order valence-corrected chi connectivity index (χ2v) is 18.0. The molecule has 0 amide bonds. The molecule has 6 unspecified atom stereocenters. The SMILES string of the molecule is CCCCC/C=C\CCCCCCCCOCC(COP(=O)(O)OC1C(O)C(O)C(O)C(O)C1O)OC(=O)CCCCCCCCCCCCCCCCCCCC. The van der Waals surface area contributed by atoms with Crippen LogP contribution in [0.1, 0.15) is 206 Å². The Kier molecular flexibility index (Phi) is 34.9. The van der Waals surface area contributed by atoms with E-state index < -0.39 is 63.1 Å². The number of carbonyl (C=O) groups excluding carboxylic acids is 1. The second kappa shape index (κ2) is 36.7. The van der Waals surface area contributed by atoms with Crippen molar-refractivity contribution in [3.8, 4) is 0 Å². The average Bonchev–Trinajstić information content (AvgIpc) is 3.21. The number of aliphatic hydroxyl groups excluding tert-OH is 5. The molecule has 0 bridgehead atoms. The van der Waals surface area contributed by atoms with E-state index in [2.05, 4.69) is 26.0 Å². The number of phosphoric acid groups is 1. The summed E-state index contributed by atoms with van der Waals surface area (Å²) in [6.07, 6.45) is 27.1. The topological polar surface area (TPSA) is 192 Å². The van der Waals surface area contributed by atoms with Crippen molar-refractivity contribution in [3.63, 3.8) is 0 Å². The van der Waals surface area contributed by atoms with Gasteiger partial charge in [0.15, 0.2) is 0 Å². The van der Waals surface area contributed by atoms with Crippen LogP contribution in [0.25, 0.3) is 0 Å². The standard InChI is InChI=1S/C45H87O12P/c1-3-5-7-9-11-13-15-17-18-19-20-21-22-24-26-28-30-32-34-39(46)56-38(36-54-35-33-31-29-27-25-23-16-14-12-10-8-6-4-2)37-55-58(52,53)57-45-43(50)41(48)40(47)42(49)44(45)51/h12,14,38,40-45,47-51H,3-11,13,15-37H2,1-2H3,(H,52,53)/b14-12-. The Labute approximate surface area is 352 Å². The van der Waals surface area contributed by atoms with Crippen LogP contribution in [0.4, 0.5) is 0 Å². The first-order valence-corrected chi connectivity index (χ1v) is 25.0. The molecule has 0 aromatic carbocycles. The third kappa shape index (κ3) is 28.6. The van der Waals surface area contributed by atoms with Crippen LogP contribution < -0.4 is 0 Å². The number of carbonyl (C=O) groups is 1. The molecule has 6 N–H and O–H groups in total. The Bertz CT molecular complexity index is 1020. The zero-order valence-electron chi connectivity index (χ0n) is 36.6. The molecule has 0 spiro atoms. The predicted octanol–water partition coefficient (Wildman–Crippen LogP) is 9.53. The third-order valence-electron chi connectivity index (χ3n) is 11.1. The number of phosphoric ester groups is 1. The molecule has 1 aliphatic carbocycles. The molecule has 0 radical (unpaired) electrons. The minimum absolute atomic E-state index is 0.0756. The third-order valence-corrected chi connectivity index (χ3v) is 12.1. The van der Waals surface area contributed by atoms with Gasteiger partial charge < -0.3 is 39.9 Å². The second-order valence-electron chi connectivity index (χ2n) is 16.6.